The van der Waals surface area contributed by atoms with E-state index in [1.165, 1.54) is 0 Å². The summed E-state index contributed by atoms with van der Waals surface area (Å²) < 4.78 is 5.32. The molecule has 3 rings (SSSR count). The van der Waals surface area contributed by atoms with Gasteiger partial charge in [-0.3, -0.25) is 4.79 Å². The lowest BCUT2D eigenvalue weighted by Crippen LogP contribution is -2.14. The molecule has 2 N–H and O–H groups in total. The molecule has 0 atom stereocenters. The number of para-hydroxylation sites is 1. The standard InChI is InChI=1S/C14H13N3O2/c1-2-19-14-11(13(18)16-17-14)8-10-7-9-5-3-4-6-12(9)15-10/h3-8,15H,2H2,1H3,(H,16,18)/b11-8-. The average Bonchev–Trinajstić information content (AvgIpc) is 2.96. The zero-order valence-electron chi connectivity index (χ0n) is 10.4. The van der Waals surface area contributed by atoms with E-state index in [1.54, 1.807) is 6.08 Å². The first-order chi connectivity index (χ1) is 9.28. The van der Waals surface area contributed by atoms with Crippen LogP contribution in [0.1, 0.15) is 12.6 Å². The van der Waals surface area contributed by atoms with Crippen molar-refractivity contribution < 1.29 is 9.53 Å². The molecule has 1 aliphatic rings. The fraction of sp³-hybridized carbons (Fsp3) is 0.143. The van der Waals surface area contributed by atoms with E-state index in [2.05, 4.69) is 15.5 Å². The lowest BCUT2D eigenvalue weighted by Gasteiger charge is -2.00. The second-order valence-electron chi connectivity index (χ2n) is 4.16. The molecule has 0 spiro atoms. The molecular formula is C14H13N3O2. The van der Waals surface area contributed by atoms with Gasteiger partial charge in [-0.1, -0.05) is 18.2 Å². The maximum absolute atomic E-state index is 11.7. The highest BCUT2D eigenvalue weighted by molar-refractivity contribution is 6.24. The van der Waals surface area contributed by atoms with Crippen LogP contribution in [0.25, 0.3) is 17.0 Å². The molecule has 0 fully saturated rings. The molecule has 1 aliphatic heterocycles. The van der Waals surface area contributed by atoms with E-state index in [0.29, 0.717) is 18.1 Å². The number of hydrazone groups is 1. The maximum atomic E-state index is 11.7. The quantitative estimate of drug-likeness (QED) is 0.806. The highest BCUT2D eigenvalue weighted by atomic mass is 16.5. The number of nitrogens with one attached hydrogen (secondary N) is 2. The van der Waals surface area contributed by atoms with Gasteiger partial charge in [0.05, 0.1) is 6.61 Å². The Morgan fingerprint density at radius 2 is 2.21 bits per heavy atom. The van der Waals surface area contributed by atoms with Gasteiger partial charge in [0.1, 0.15) is 5.57 Å². The fourth-order valence-corrected chi connectivity index (χ4v) is 2.02. The van der Waals surface area contributed by atoms with E-state index in [9.17, 15) is 4.79 Å². The number of carbonyl (C=O) groups excluding carboxylic acids is 1. The molecule has 96 valence electrons. The molecule has 0 saturated carbocycles. The van der Waals surface area contributed by atoms with E-state index < -0.39 is 0 Å². The van der Waals surface area contributed by atoms with Crippen LogP contribution < -0.4 is 5.43 Å². The Labute approximate surface area is 110 Å². The summed E-state index contributed by atoms with van der Waals surface area (Å²) in [7, 11) is 0. The third kappa shape index (κ3) is 2.10. The average molecular weight is 255 g/mol. The minimum Gasteiger partial charge on any atom is -0.476 e. The monoisotopic (exact) mass is 255 g/mol. The number of aromatic nitrogens is 1. The minimum atomic E-state index is -0.248. The first kappa shape index (κ1) is 11.5. The zero-order chi connectivity index (χ0) is 13.2. The van der Waals surface area contributed by atoms with Gasteiger partial charge in [0.2, 0.25) is 5.90 Å². The number of fused-ring (bicyclic) bond motifs is 1. The second kappa shape index (κ2) is 4.61. The molecule has 0 aliphatic carbocycles. The summed E-state index contributed by atoms with van der Waals surface area (Å²) >= 11 is 0. The van der Waals surface area contributed by atoms with Crippen molar-refractivity contribution in [2.24, 2.45) is 5.10 Å². The normalized spacial score (nSPS) is 16.8. The molecule has 5 heteroatoms. The van der Waals surface area contributed by atoms with Gasteiger partial charge < -0.3 is 9.72 Å². The van der Waals surface area contributed by atoms with Crippen molar-refractivity contribution in [3.05, 3.63) is 41.6 Å². The first-order valence-corrected chi connectivity index (χ1v) is 6.08. The van der Waals surface area contributed by atoms with Crippen molar-refractivity contribution in [2.75, 3.05) is 6.61 Å². The predicted octanol–water partition coefficient (Wildman–Crippen LogP) is 2.03. The van der Waals surface area contributed by atoms with Crippen LogP contribution in [0.15, 0.2) is 41.0 Å². The van der Waals surface area contributed by atoms with Gasteiger partial charge >= 0.3 is 0 Å². The van der Waals surface area contributed by atoms with Gasteiger partial charge in [0, 0.05) is 11.2 Å². The van der Waals surface area contributed by atoms with Crippen LogP contribution in [0.5, 0.6) is 0 Å². The van der Waals surface area contributed by atoms with Crippen molar-refractivity contribution in [3.8, 4) is 0 Å². The Morgan fingerprint density at radius 3 is 3.00 bits per heavy atom. The molecule has 0 radical (unpaired) electrons. The lowest BCUT2D eigenvalue weighted by molar-refractivity contribution is -0.116. The van der Waals surface area contributed by atoms with Crippen LogP contribution in [0, 0.1) is 0 Å². The van der Waals surface area contributed by atoms with E-state index in [0.717, 1.165) is 16.6 Å². The van der Waals surface area contributed by atoms with Crippen LogP contribution in [0.3, 0.4) is 0 Å². The Bertz CT molecular complexity index is 665. The van der Waals surface area contributed by atoms with Gasteiger partial charge in [-0.25, -0.2) is 5.43 Å². The number of ether oxygens (including phenoxy) is 1. The van der Waals surface area contributed by atoms with E-state index in [4.69, 9.17) is 4.74 Å². The zero-order valence-corrected chi connectivity index (χ0v) is 10.4. The largest absolute Gasteiger partial charge is 0.476 e. The van der Waals surface area contributed by atoms with Gasteiger partial charge in [0.25, 0.3) is 5.91 Å². The van der Waals surface area contributed by atoms with Gasteiger partial charge in [0.15, 0.2) is 0 Å². The Balaban J connectivity index is 1.99. The van der Waals surface area contributed by atoms with Crippen LogP contribution >= 0.6 is 0 Å². The number of benzene rings is 1. The Kier molecular flexibility index (Phi) is 2.79. The molecule has 2 heterocycles. The third-order valence-electron chi connectivity index (χ3n) is 2.87. The van der Waals surface area contributed by atoms with Crippen LogP contribution in [0.4, 0.5) is 0 Å². The molecule has 1 aromatic carbocycles. The number of hydrogen-bond acceptors (Lipinski definition) is 3. The number of aromatic amines is 1. The van der Waals surface area contributed by atoms with Crippen molar-refractivity contribution in [1.29, 1.82) is 0 Å². The minimum absolute atomic E-state index is 0.248. The smallest absolute Gasteiger partial charge is 0.277 e. The van der Waals surface area contributed by atoms with E-state index in [1.807, 2.05) is 37.3 Å². The molecule has 2 aromatic rings. The van der Waals surface area contributed by atoms with Crippen LogP contribution in [0.2, 0.25) is 0 Å². The molecule has 19 heavy (non-hydrogen) atoms. The van der Waals surface area contributed by atoms with Crippen LogP contribution in [-0.2, 0) is 9.53 Å². The summed E-state index contributed by atoms with van der Waals surface area (Å²) in [6.45, 7) is 2.32. The van der Waals surface area contributed by atoms with E-state index >= 15 is 0 Å². The Hall–Kier alpha value is -2.56. The summed E-state index contributed by atoms with van der Waals surface area (Å²) in [6.07, 6.45) is 1.75. The van der Waals surface area contributed by atoms with Gasteiger partial charge in [-0.2, -0.15) is 0 Å². The van der Waals surface area contributed by atoms with Crippen molar-refractivity contribution in [2.45, 2.75) is 6.92 Å². The number of hydrogen-bond donors (Lipinski definition) is 2. The summed E-state index contributed by atoms with van der Waals surface area (Å²) in [5.74, 6) is 0.0910. The highest BCUT2D eigenvalue weighted by Gasteiger charge is 2.24. The molecule has 1 aromatic heterocycles. The fourth-order valence-electron chi connectivity index (χ4n) is 2.02. The van der Waals surface area contributed by atoms with Crippen molar-refractivity contribution in [3.63, 3.8) is 0 Å². The second-order valence-corrected chi connectivity index (χ2v) is 4.16. The Morgan fingerprint density at radius 1 is 1.37 bits per heavy atom. The number of carbonyl (C=O) groups is 1. The number of amides is 1. The molecule has 0 bridgehead atoms. The number of H-pyrrole nitrogens is 1. The van der Waals surface area contributed by atoms with Crippen molar-refractivity contribution >= 4 is 28.8 Å². The first-order valence-electron chi connectivity index (χ1n) is 6.08. The number of nitrogens with zero attached hydrogens (tertiary/aromatic N) is 1. The van der Waals surface area contributed by atoms with Crippen molar-refractivity contribution in [1.82, 2.24) is 10.4 Å². The molecule has 0 unspecified atom stereocenters. The van der Waals surface area contributed by atoms with Gasteiger partial charge in [-0.15, -0.1) is 5.10 Å². The SMILES string of the molecule is CCOC1=NNC(=O)/C1=C/c1cc2ccccc2[nH]1. The molecule has 0 saturated heterocycles. The highest BCUT2D eigenvalue weighted by Crippen LogP contribution is 2.18. The summed E-state index contributed by atoms with van der Waals surface area (Å²) in [5.41, 5.74) is 4.72. The third-order valence-corrected chi connectivity index (χ3v) is 2.87. The summed E-state index contributed by atoms with van der Waals surface area (Å²) in [5, 5.41) is 4.95. The lowest BCUT2D eigenvalue weighted by atomic mass is 10.2. The molecule has 1 amide bonds. The number of rotatable bonds is 2. The molecular weight excluding hydrogens is 242 g/mol. The van der Waals surface area contributed by atoms with Gasteiger partial charge in [-0.05, 0) is 30.5 Å². The predicted molar refractivity (Wildman–Crippen MR) is 73.5 cm³/mol. The maximum Gasteiger partial charge on any atom is 0.277 e. The summed E-state index contributed by atoms with van der Waals surface area (Å²) in [4.78, 5) is 14.9. The summed E-state index contributed by atoms with van der Waals surface area (Å²) in [6, 6.07) is 9.93. The topological polar surface area (TPSA) is 66.5 Å². The van der Waals surface area contributed by atoms with Crippen LogP contribution in [-0.4, -0.2) is 23.4 Å². The molecule has 5 nitrogen and oxygen atoms in total. The van der Waals surface area contributed by atoms with E-state index in [-0.39, 0.29) is 5.91 Å².